The molecular weight excluding hydrogens is 284 g/mol. The molecule has 0 unspecified atom stereocenters. The number of nitrogens with zero attached hydrogens (tertiary/aromatic N) is 1. The van der Waals surface area contributed by atoms with Gasteiger partial charge in [-0.25, -0.2) is 4.98 Å². The maximum Gasteiger partial charge on any atom is 0.267 e. The van der Waals surface area contributed by atoms with Crippen LogP contribution in [0.15, 0.2) is 15.6 Å². The average Bonchev–Trinajstić information content (AvgIpc) is 2.33. The average molecular weight is 301 g/mol. The van der Waals surface area contributed by atoms with Gasteiger partial charge in [0.15, 0.2) is 0 Å². The summed E-state index contributed by atoms with van der Waals surface area (Å²) in [6, 6.07) is 0.371. The number of nitrogens with two attached hydrogens (primary N) is 1. The summed E-state index contributed by atoms with van der Waals surface area (Å²) in [6.07, 6.45) is 5.89. The summed E-state index contributed by atoms with van der Waals surface area (Å²) >= 11 is 3.23. The topological polar surface area (TPSA) is 83.8 Å². The van der Waals surface area contributed by atoms with Gasteiger partial charge in [-0.1, -0.05) is 0 Å². The maximum atomic E-state index is 11.3. The third kappa shape index (κ3) is 3.29. The third-order valence-corrected chi connectivity index (χ3v) is 3.98. The van der Waals surface area contributed by atoms with Crippen LogP contribution in [0.4, 0.5) is 5.82 Å². The Morgan fingerprint density at radius 1 is 1.47 bits per heavy atom. The van der Waals surface area contributed by atoms with Gasteiger partial charge in [-0.15, -0.1) is 0 Å². The smallest absolute Gasteiger partial charge is 0.267 e. The van der Waals surface area contributed by atoms with Gasteiger partial charge in [-0.3, -0.25) is 4.79 Å². The van der Waals surface area contributed by atoms with Crippen molar-refractivity contribution in [1.82, 2.24) is 9.97 Å². The highest BCUT2D eigenvalue weighted by molar-refractivity contribution is 9.10. The van der Waals surface area contributed by atoms with E-state index in [0.29, 0.717) is 22.3 Å². The lowest BCUT2D eigenvalue weighted by Gasteiger charge is -2.26. The van der Waals surface area contributed by atoms with Crippen LogP contribution in [0, 0.1) is 5.92 Å². The highest BCUT2D eigenvalue weighted by Gasteiger charge is 2.18. The highest BCUT2D eigenvalue weighted by Crippen LogP contribution is 2.24. The first-order chi connectivity index (χ1) is 8.16. The molecule has 1 aromatic rings. The fraction of sp³-hybridized carbons (Fsp3) is 0.636. The van der Waals surface area contributed by atoms with Crippen LogP contribution in [0.25, 0.3) is 0 Å². The Hall–Kier alpha value is -0.880. The van der Waals surface area contributed by atoms with E-state index < -0.39 is 0 Å². The van der Waals surface area contributed by atoms with Gasteiger partial charge in [0.1, 0.15) is 10.3 Å². The molecule has 1 fully saturated rings. The molecule has 94 valence electrons. The van der Waals surface area contributed by atoms with E-state index in [-0.39, 0.29) is 5.56 Å². The standard InChI is InChI=1S/C11H17BrN4O/c12-9-10(15-6-16-11(9)17)14-5-7-1-3-8(13)4-2-7/h6-8H,1-5,13H2,(H2,14,15,16,17). The van der Waals surface area contributed by atoms with Crippen molar-refractivity contribution in [1.29, 1.82) is 0 Å². The predicted octanol–water partition coefficient (Wildman–Crippen LogP) is 1.46. The molecule has 0 radical (unpaired) electrons. The van der Waals surface area contributed by atoms with Gasteiger partial charge >= 0.3 is 0 Å². The van der Waals surface area contributed by atoms with Crippen molar-refractivity contribution in [2.45, 2.75) is 31.7 Å². The SMILES string of the molecule is NC1CCC(CNc2nc[nH]c(=O)c2Br)CC1. The molecule has 0 saturated heterocycles. The van der Waals surface area contributed by atoms with Crippen molar-refractivity contribution in [3.63, 3.8) is 0 Å². The third-order valence-electron chi connectivity index (χ3n) is 3.25. The van der Waals surface area contributed by atoms with Crippen molar-refractivity contribution < 1.29 is 0 Å². The van der Waals surface area contributed by atoms with Crippen LogP contribution < -0.4 is 16.6 Å². The molecular formula is C11H17BrN4O. The van der Waals surface area contributed by atoms with Crippen LogP contribution in [0.1, 0.15) is 25.7 Å². The highest BCUT2D eigenvalue weighted by atomic mass is 79.9. The lowest BCUT2D eigenvalue weighted by Crippen LogP contribution is -2.29. The molecule has 1 aliphatic rings. The summed E-state index contributed by atoms with van der Waals surface area (Å²) < 4.78 is 0.465. The van der Waals surface area contributed by atoms with Crippen LogP contribution >= 0.6 is 15.9 Å². The molecule has 1 saturated carbocycles. The van der Waals surface area contributed by atoms with E-state index in [1.54, 1.807) is 0 Å². The fourth-order valence-corrected chi connectivity index (χ4v) is 2.50. The minimum Gasteiger partial charge on any atom is -0.369 e. The van der Waals surface area contributed by atoms with Gasteiger partial charge in [-0.05, 0) is 47.5 Å². The summed E-state index contributed by atoms with van der Waals surface area (Å²) in [4.78, 5) is 17.9. The van der Waals surface area contributed by atoms with Gasteiger partial charge < -0.3 is 16.0 Å². The molecule has 5 nitrogen and oxygen atoms in total. The molecule has 0 bridgehead atoms. The first-order valence-electron chi connectivity index (χ1n) is 5.89. The summed E-state index contributed by atoms with van der Waals surface area (Å²) in [5.41, 5.74) is 5.70. The maximum absolute atomic E-state index is 11.3. The van der Waals surface area contributed by atoms with Crippen LogP contribution in [0.3, 0.4) is 0 Å². The summed E-state index contributed by atoms with van der Waals surface area (Å²) in [6.45, 7) is 0.849. The van der Waals surface area contributed by atoms with Crippen LogP contribution in [-0.4, -0.2) is 22.6 Å². The lowest BCUT2D eigenvalue weighted by atomic mass is 9.86. The van der Waals surface area contributed by atoms with Gasteiger partial charge in [-0.2, -0.15) is 0 Å². The zero-order valence-corrected chi connectivity index (χ0v) is 11.2. The molecule has 0 aliphatic heterocycles. The Bertz CT molecular complexity index is 426. The minimum absolute atomic E-state index is 0.159. The number of aromatic amines is 1. The molecule has 6 heteroatoms. The first-order valence-corrected chi connectivity index (χ1v) is 6.68. The number of halogens is 1. The Kier molecular flexibility index (Phi) is 4.17. The van der Waals surface area contributed by atoms with Crippen molar-refractivity contribution in [2.75, 3.05) is 11.9 Å². The van der Waals surface area contributed by atoms with Gasteiger partial charge in [0.25, 0.3) is 5.56 Å². The number of aromatic nitrogens is 2. The van der Waals surface area contributed by atoms with Crippen molar-refractivity contribution in [3.8, 4) is 0 Å². The van der Waals surface area contributed by atoms with E-state index in [9.17, 15) is 4.79 Å². The molecule has 4 N–H and O–H groups in total. The van der Waals surface area contributed by atoms with E-state index in [1.807, 2.05) is 0 Å². The second kappa shape index (κ2) is 5.64. The van der Waals surface area contributed by atoms with Crippen LogP contribution in [0.2, 0.25) is 0 Å². The molecule has 0 spiro atoms. The largest absolute Gasteiger partial charge is 0.369 e. The van der Waals surface area contributed by atoms with E-state index in [0.717, 1.165) is 32.2 Å². The van der Waals surface area contributed by atoms with E-state index in [2.05, 4.69) is 31.2 Å². The van der Waals surface area contributed by atoms with Gasteiger partial charge in [0.2, 0.25) is 0 Å². The number of H-pyrrole nitrogens is 1. The Balaban J connectivity index is 1.90. The van der Waals surface area contributed by atoms with Crippen molar-refractivity contribution in [2.24, 2.45) is 11.7 Å². The van der Waals surface area contributed by atoms with Crippen molar-refractivity contribution in [3.05, 3.63) is 21.2 Å². The second-order valence-electron chi connectivity index (χ2n) is 4.56. The lowest BCUT2D eigenvalue weighted by molar-refractivity contribution is 0.338. The Morgan fingerprint density at radius 2 is 2.18 bits per heavy atom. The summed E-state index contributed by atoms with van der Waals surface area (Å²) in [5.74, 6) is 1.24. The van der Waals surface area contributed by atoms with Crippen LogP contribution in [0.5, 0.6) is 0 Å². The molecule has 1 aliphatic carbocycles. The van der Waals surface area contributed by atoms with Gasteiger partial charge in [0.05, 0.1) is 6.33 Å². The molecule has 0 atom stereocenters. The number of anilines is 1. The Labute approximate surface area is 108 Å². The fourth-order valence-electron chi connectivity index (χ4n) is 2.14. The molecule has 1 aromatic heterocycles. The Morgan fingerprint density at radius 3 is 2.88 bits per heavy atom. The van der Waals surface area contributed by atoms with E-state index >= 15 is 0 Å². The quantitative estimate of drug-likeness (QED) is 0.789. The van der Waals surface area contributed by atoms with Crippen LogP contribution in [-0.2, 0) is 0 Å². The molecule has 0 aromatic carbocycles. The zero-order chi connectivity index (χ0) is 12.3. The first kappa shape index (κ1) is 12.6. The summed E-state index contributed by atoms with van der Waals surface area (Å²) in [5, 5.41) is 3.22. The van der Waals surface area contributed by atoms with E-state index in [4.69, 9.17) is 5.73 Å². The number of rotatable bonds is 3. The number of hydrogen-bond donors (Lipinski definition) is 3. The normalized spacial score (nSPS) is 24.6. The van der Waals surface area contributed by atoms with Gasteiger partial charge in [0, 0.05) is 12.6 Å². The second-order valence-corrected chi connectivity index (χ2v) is 5.35. The molecule has 0 amide bonds. The minimum atomic E-state index is -0.159. The summed E-state index contributed by atoms with van der Waals surface area (Å²) in [7, 11) is 0. The number of nitrogens with one attached hydrogen (secondary N) is 2. The van der Waals surface area contributed by atoms with Crippen molar-refractivity contribution >= 4 is 21.7 Å². The molecule has 1 heterocycles. The molecule has 17 heavy (non-hydrogen) atoms. The molecule has 2 rings (SSSR count). The predicted molar refractivity (Wildman–Crippen MR) is 71.0 cm³/mol. The van der Waals surface area contributed by atoms with E-state index in [1.165, 1.54) is 6.33 Å². The monoisotopic (exact) mass is 300 g/mol. The zero-order valence-electron chi connectivity index (χ0n) is 9.58. The number of hydrogen-bond acceptors (Lipinski definition) is 4.